The van der Waals surface area contributed by atoms with Gasteiger partial charge in [0.15, 0.2) is 0 Å². The van der Waals surface area contributed by atoms with Crippen LogP contribution in [0.5, 0.6) is 5.75 Å². The average molecular weight is 340 g/mol. The Hall–Kier alpha value is -0.840. The number of hydrogen-bond donors (Lipinski definition) is 2. The second-order valence-corrected chi connectivity index (χ2v) is 6.15. The van der Waals surface area contributed by atoms with Crippen LogP contribution in [-0.4, -0.2) is 30.9 Å². The molecule has 110 valence electrons. The number of benzene rings is 1. The number of aliphatic hydroxyl groups excluding tert-OH is 1. The van der Waals surface area contributed by atoms with Gasteiger partial charge in [-0.15, -0.1) is 0 Å². The van der Waals surface area contributed by atoms with E-state index in [0.29, 0.717) is 19.1 Å². The lowest BCUT2D eigenvalue weighted by Crippen LogP contribution is -2.34. The fourth-order valence-electron chi connectivity index (χ4n) is 2.30. The highest BCUT2D eigenvalue weighted by Gasteiger charge is 2.11. The molecular weight excluding hydrogens is 318 g/mol. The zero-order chi connectivity index (χ0) is 14.2. The molecule has 0 bridgehead atoms. The van der Waals surface area contributed by atoms with E-state index in [1.807, 2.05) is 24.3 Å². The molecule has 2 N–H and O–H groups in total. The molecule has 1 aliphatic carbocycles. The molecule has 0 aromatic heterocycles. The van der Waals surface area contributed by atoms with Crippen LogP contribution in [0.3, 0.4) is 0 Å². The van der Waals surface area contributed by atoms with Crippen LogP contribution in [-0.2, 0) is 0 Å². The number of rotatable bonds is 7. The van der Waals surface area contributed by atoms with Gasteiger partial charge in [-0.25, -0.2) is 0 Å². The van der Waals surface area contributed by atoms with Gasteiger partial charge in [-0.3, -0.25) is 0 Å². The lowest BCUT2D eigenvalue weighted by molar-refractivity contribution is 0.105. The van der Waals surface area contributed by atoms with Gasteiger partial charge in [0.2, 0.25) is 0 Å². The van der Waals surface area contributed by atoms with Gasteiger partial charge in [0.1, 0.15) is 18.5 Å². The Balaban J connectivity index is 1.60. The van der Waals surface area contributed by atoms with Crippen molar-refractivity contribution in [1.29, 1.82) is 0 Å². The molecular formula is C16H22BrNO2. The minimum absolute atomic E-state index is 0.314. The normalized spacial score (nSPS) is 19.8. The van der Waals surface area contributed by atoms with Crippen molar-refractivity contribution < 1.29 is 9.84 Å². The molecule has 0 heterocycles. The summed E-state index contributed by atoms with van der Waals surface area (Å²) >= 11 is 3.39. The Labute approximate surface area is 129 Å². The summed E-state index contributed by atoms with van der Waals surface area (Å²) in [6.07, 6.45) is 7.60. The van der Waals surface area contributed by atoms with Crippen molar-refractivity contribution >= 4 is 15.9 Å². The molecule has 0 saturated carbocycles. The molecule has 0 fully saturated rings. The molecule has 0 aliphatic heterocycles. The lowest BCUT2D eigenvalue weighted by atomic mass is 9.94. The highest BCUT2D eigenvalue weighted by molar-refractivity contribution is 9.10. The molecule has 2 unspecified atom stereocenters. The van der Waals surface area contributed by atoms with Crippen molar-refractivity contribution in [2.24, 2.45) is 5.92 Å². The first-order valence-electron chi connectivity index (χ1n) is 7.16. The number of ether oxygens (including phenoxy) is 1. The third-order valence-electron chi connectivity index (χ3n) is 3.43. The molecule has 3 nitrogen and oxygen atoms in total. The second kappa shape index (κ2) is 8.45. The van der Waals surface area contributed by atoms with Gasteiger partial charge < -0.3 is 15.2 Å². The Bertz CT molecular complexity index is 436. The maximum atomic E-state index is 9.90. The van der Waals surface area contributed by atoms with Crippen LogP contribution in [0.1, 0.15) is 19.3 Å². The Morgan fingerprint density at radius 3 is 3.05 bits per heavy atom. The van der Waals surface area contributed by atoms with E-state index in [1.54, 1.807) is 0 Å². The standard InChI is InChI=1S/C16H22BrNO2/c17-14-7-4-8-16(9-14)20-12-15(19)11-18-10-13-5-2-1-3-6-13/h1-2,4,7-9,13,15,18-19H,3,5-6,10-12H2. The van der Waals surface area contributed by atoms with Gasteiger partial charge in [-0.2, -0.15) is 0 Å². The third kappa shape index (κ3) is 5.65. The van der Waals surface area contributed by atoms with E-state index in [9.17, 15) is 5.11 Å². The van der Waals surface area contributed by atoms with Crippen molar-refractivity contribution in [3.8, 4) is 5.75 Å². The molecule has 1 aromatic carbocycles. The molecule has 0 saturated heterocycles. The van der Waals surface area contributed by atoms with Crippen molar-refractivity contribution in [2.75, 3.05) is 19.7 Å². The summed E-state index contributed by atoms with van der Waals surface area (Å²) in [4.78, 5) is 0. The monoisotopic (exact) mass is 339 g/mol. The van der Waals surface area contributed by atoms with Gasteiger partial charge in [0.25, 0.3) is 0 Å². The van der Waals surface area contributed by atoms with E-state index in [0.717, 1.165) is 23.2 Å². The number of halogens is 1. The van der Waals surface area contributed by atoms with Crippen molar-refractivity contribution in [3.05, 3.63) is 40.9 Å². The van der Waals surface area contributed by atoms with Crippen LogP contribution in [0.25, 0.3) is 0 Å². The van der Waals surface area contributed by atoms with Crippen molar-refractivity contribution in [3.63, 3.8) is 0 Å². The maximum absolute atomic E-state index is 9.90. The first-order chi connectivity index (χ1) is 9.74. The summed E-state index contributed by atoms with van der Waals surface area (Å²) in [7, 11) is 0. The van der Waals surface area contributed by atoms with Crippen LogP contribution in [0.4, 0.5) is 0 Å². The summed E-state index contributed by atoms with van der Waals surface area (Å²) in [5, 5.41) is 13.2. The fourth-order valence-corrected chi connectivity index (χ4v) is 2.68. The quantitative estimate of drug-likeness (QED) is 0.750. The topological polar surface area (TPSA) is 41.5 Å². The van der Waals surface area contributed by atoms with Gasteiger partial charge in [-0.1, -0.05) is 34.1 Å². The Kier molecular flexibility index (Phi) is 6.57. The summed E-state index contributed by atoms with van der Waals surface area (Å²) < 4.78 is 6.54. The first kappa shape index (κ1) is 15.5. The van der Waals surface area contributed by atoms with Crippen LogP contribution >= 0.6 is 15.9 Å². The molecule has 2 atom stereocenters. The van der Waals surface area contributed by atoms with Crippen molar-refractivity contribution in [1.82, 2.24) is 5.32 Å². The Morgan fingerprint density at radius 2 is 2.30 bits per heavy atom. The molecule has 1 aromatic rings. The molecule has 4 heteroatoms. The predicted octanol–water partition coefficient (Wildman–Crippen LogP) is 3.13. The smallest absolute Gasteiger partial charge is 0.120 e. The van der Waals surface area contributed by atoms with E-state index in [-0.39, 0.29) is 0 Å². The number of allylic oxidation sites excluding steroid dienone is 2. The Morgan fingerprint density at radius 1 is 1.40 bits per heavy atom. The van der Waals surface area contributed by atoms with E-state index in [1.165, 1.54) is 12.8 Å². The van der Waals surface area contributed by atoms with Gasteiger partial charge in [-0.05, 0) is 49.9 Å². The number of hydrogen-bond acceptors (Lipinski definition) is 3. The summed E-state index contributed by atoms with van der Waals surface area (Å²) in [5.41, 5.74) is 0. The average Bonchev–Trinajstić information content (AvgIpc) is 2.46. The van der Waals surface area contributed by atoms with E-state index < -0.39 is 6.10 Å². The maximum Gasteiger partial charge on any atom is 0.120 e. The SMILES string of the molecule is OC(CNCC1CC=CCC1)COc1cccc(Br)c1. The molecule has 0 radical (unpaired) electrons. The van der Waals surface area contributed by atoms with Gasteiger partial charge in [0.05, 0.1) is 0 Å². The van der Waals surface area contributed by atoms with Gasteiger partial charge in [0, 0.05) is 11.0 Å². The highest BCUT2D eigenvalue weighted by atomic mass is 79.9. The molecule has 20 heavy (non-hydrogen) atoms. The third-order valence-corrected chi connectivity index (χ3v) is 3.92. The summed E-state index contributed by atoms with van der Waals surface area (Å²) in [6, 6.07) is 7.65. The van der Waals surface area contributed by atoms with Crippen LogP contribution in [0.2, 0.25) is 0 Å². The predicted molar refractivity (Wildman–Crippen MR) is 85.0 cm³/mol. The number of nitrogens with one attached hydrogen (secondary N) is 1. The van der Waals surface area contributed by atoms with Crippen LogP contribution in [0.15, 0.2) is 40.9 Å². The lowest BCUT2D eigenvalue weighted by Gasteiger charge is -2.19. The fraction of sp³-hybridized carbons (Fsp3) is 0.500. The minimum atomic E-state index is -0.479. The van der Waals surface area contributed by atoms with Crippen molar-refractivity contribution in [2.45, 2.75) is 25.4 Å². The first-order valence-corrected chi connectivity index (χ1v) is 7.95. The second-order valence-electron chi connectivity index (χ2n) is 5.23. The van der Waals surface area contributed by atoms with E-state index >= 15 is 0 Å². The minimum Gasteiger partial charge on any atom is -0.491 e. The molecule has 0 amide bonds. The summed E-state index contributed by atoms with van der Waals surface area (Å²) in [6.45, 7) is 1.86. The molecule has 2 rings (SSSR count). The molecule has 0 spiro atoms. The zero-order valence-electron chi connectivity index (χ0n) is 11.6. The highest BCUT2D eigenvalue weighted by Crippen LogP contribution is 2.18. The largest absolute Gasteiger partial charge is 0.491 e. The number of aliphatic hydroxyl groups is 1. The van der Waals surface area contributed by atoms with Crippen LogP contribution in [0, 0.1) is 5.92 Å². The van der Waals surface area contributed by atoms with E-state index in [2.05, 4.69) is 33.4 Å². The molecule has 1 aliphatic rings. The summed E-state index contributed by atoms with van der Waals surface area (Å²) in [5.74, 6) is 1.48. The van der Waals surface area contributed by atoms with Gasteiger partial charge >= 0.3 is 0 Å². The zero-order valence-corrected chi connectivity index (χ0v) is 13.2. The van der Waals surface area contributed by atoms with Crippen LogP contribution < -0.4 is 10.1 Å². The van der Waals surface area contributed by atoms with E-state index in [4.69, 9.17) is 4.74 Å².